The lowest BCUT2D eigenvalue weighted by Gasteiger charge is -2.18. The van der Waals surface area contributed by atoms with Gasteiger partial charge in [0.2, 0.25) is 11.5 Å². The summed E-state index contributed by atoms with van der Waals surface area (Å²) in [4.78, 5) is 44.3. The lowest BCUT2D eigenvalue weighted by Crippen LogP contribution is -2.36. The lowest BCUT2D eigenvalue weighted by molar-refractivity contribution is -0.132. The number of halogens is 2. The van der Waals surface area contributed by atoms with Crippen molar-refractivity contribution in [1.29, 1.82) is 5.26 Å². The van der Waals surface area contributed by atoms with Crippen molar-refractivity contribution in [3.63, 3.8) is 0 Å². The van der Waals surface area contributed by atoms with Crippen LogP contribution in [0.3, 0.4) is 0 Å². The molecule has 0 unspecified atom stereocenters. The standard InChI is InChI=1S/C25H20F2N4O3/c26-25(27)12-18(13-28)31(15-25)24(34)8-6-22(32)19-9-10-29-21-5-3-16(11-20(19)21)1-2-17-4-7-23(33)30-14-17/h1-5,7,9-11,14,18H,6,8,12,15H2,(H,30,33)/b2-1+/t18-/m0/s1. The smallest absolute Gasteiger partial charge is 0.268 e. The minimum Gasteiger partial charge on any atom is -0.329 e. The predicted octanol–water partition coefficient (Wildman–Crippen LogP) is 3.82. The van der Waals surface area contributed by atoms with Crippen LogP contribution in [-0.2, 0) is 4.79 Å². The molecule has 1 saturated heterocycles. The number of nitrogens with zero attached hydrogens (tertiary/aromatic N) is 3. The number of Topliss-reactive ketones (excluding diaryl/α,β-unsaturated/α-hetero) is 1. The van der Waals surface area contributed by atoms with Crippen LogP contribution in [0.1, 0.15) is 40.7 Å². The first-order valence-corrected chi connectivity index (χ1v) is 10.6. The van der Waals surface area contributed by atoms with Crippen LogP contribution in [0, 0.1) is 11.3 Å². The van der Waals surface area contributed by atoms with E-state index in [1.54, 1.807) is 36.5 Å². The number of alkyl halides is 2. The number of pyridine rings is 2. The molecule has 1 fully saturated rings. The molecule has 2 aromatic heterocycles. The molecule has 0 saturated carbocycles. The number of hydrogen-bond donors (Lipinski definition) is 1. The zero-order chi connectivity index (χ0) is 24.3. The topological polar surface area (TPSA) is 107 Å². The molecule has 3 aromatic rings. The van der Waals surface area contributed by atoms with E-state index in [-0.39, 0.29) is 24.2 Å². The van der Waals surface area contributed by atoms with Crippen molar-refractivity contribution in [2.75, 3.05) is 6.54 Å². The molecular formula is C25H20F2N4O3. The van der Waals surface area contributed by atoms with Crippen molar-refractivity contribution >= 4 is 34.7 Å². The Morgan fingerprint density at radius 1 is 1.18 bits per heavy atom. The van der Waals surface area contributed by atoms with Crippen LogP contribution in [0.2, 0.25) is 0 Å². The maximum atomic E-state index is 13.6. The Morgan fingerprint density at radius 3 is 2.68 bits per heavy atom. The van der Waals surface area contributed by atoms with Gasteiger partial charge in [0.25, 0.3) is 5.92 Å². The van der Waals surface area contributed by atoms with Gasteiger partial charge in [-0.2, -0.15) is 5.26 Å². The number of benzene rings is 1. The number of aromatic amines is 1. The second-order valence-electron chi connectivity index (χ2n) is 8.10. The molecule has 1 aliphatic heterocycles. The number of carbonyl (C=O) groups is 2. The molecule has 1 N–H and O–H groups in total. The Balaban J connectivity index is 1.50. The highest BCUT2D eigenvalue weighted by Crippen LogP contribution is 2.32. The largest absolute Gasteiger partial charge is 0.329 e. The number of rotatable bonds is 6. The van der Waals surface area contributed by atoms with Gasteiger partial charge in [0.05, 0.1) is 18.1 Å². The van der Waals surface area contributed by atoms with Crippen LogP contribution < -0.4 is 5.56 Å². The van der Waals surface area contributed by atoms with Gasteiger partial charge in [-0.15, -0.1) is 0 Å². The summed E-state index contributed by atoms with van der Waals surface area (Å²) in [5.41, 5.74) is 2.37. The second-order valence-corrected chi connectivity index (χ2v) is 8.10. The van der Waals surface area contributed by atoms with Gasteiger partial charge < -0.3 is 9.88 Å². The molecular weight excluding hydrogens is 442 g/mol. The van der Waals surface area contributed by atoms with Gasteiger partial charge in [-0.25, -0.2) is 8.78 Å². The minimum atomic E-state index is -3.10. The van der Waals surface area contributed by atoms with E-state index in [1.807, 2.05) is 18.2 Å². The fraction of sp³-hybridized carbons (Fsp3) is 0.240. The first-order valence-electron chi connectivity index (χ1n) is 10.6. The van der Waals surface area contributed by atoms with E-state index in [0.29, 0.717) is 16.5 Å². The van der Waals surface area contributed by atoms with Crippen molar-refractivity contribution < 1.29 is 18.4 Å². The number of hydrogen-bond acceptors (Lipinski definition) is 5. The van der Waals surface area contributed by atoms with Crippen LogP contribution in [0.25, 0.3) is 23.1 Å². The van der Waals surface area contributed by atoms with Gasteiger partial charge >= 0.3 is 0 Å². The van der Waals surface area contributed by atoms with Crippen LogP contribution in [0.5, 0.6) is 0 Å². The maximum Gasteiger partial charge on any atom is 0.268 e. The van der Waals surface area contributed by atoms with Gasteiger partial charge in [0.1, 0.15) is 6.04 Å². The van der Waals surface area contributed by atoms with Gasteiger partial charge in [0.15, 0.2) is 5.78 Å². The molecule has 1 aromatic carbocycles. The summed E-state index contributed by atoms with van der Waals surface area (Å²) in [5, 5.41) is 9.68. The monoisotopic (exact) mass is 462 g/mol. The minimum absolute atomic E-state index is 0.171. The van der Waals surface area contributed by atoms with Crippen molar-refractivity contribution in [3.05, 3.63) is 75.8 Å². The third kappa shape index (κ3) is 5.07. The molecule has 172 valence electrons. The molecule has 0 spiro atoms. The number of fused-ring (bicyclic) bond motifs is 1. The van der Waals surface area contributed by atoms with Gasteiger partial charge in [-0.05, 0) is 35.4 Å². The summed E-state index contributed by atoms with van der Waals surface area (Å²) >= 11 is 0. The third-order valence-electron chi connectivity index (χ3n) is 5.65. The molecule has 1 aliphatic rings. The zero-order valence-electron chi connectivity index (χ0n) is 18.0. The van der Waals surface area contributed by atoms with Gasteiger partial charge in [-0.1, -0.05) is 18.2 Å². The van der Waals surface area contributed by atoms with E-state index in [9.17, 15) is 23.2 Å². The Hall–Kier alpha value is -4.19. The Bertz CT molecular complexity index is 1370. The van der Waals surface area contributed by atoms with Gasteiger partial charge in [-0.3, -0.25) is 19.4 Å². The number of nitrogens with one attached hydrogen (secondary N) is 1. The van der Waals surface area contributed by atoms with Crippen LogP contribution in [0.15, 0.2) is 53.6 Å². The highest BCUT2D eigenvalue weighted by Gasteiger charge is 2.47. The predicted molar refractivity (Wildman–Crippen MR) is 122 cm³/mol. The second kappa shape index (κ2) is 9.35. The number of aromatic nitrogens is 2. The number of H-pyrrole nitrogens is 1. The summed E-state index contributed by atoms with van der Waals surface area (Å²) in [6.07, 6.45) is 5.60. The molecule has 9 heteroatoms. The summed E-state index contributed by atoms with van der Waals surface area (Å²) < 4.78 is 27.2. The molecule has 1 amide bonds. The molecule has 4 rings (SSSR count). The summed E-state index contributed by atoms with van der Waals surface area (Å²) in [6, 6.07) is 10.6. The van der Waals surface area contributed by atoms with E-state index in [4.69, 9.17) is 5.26 Å². The molecule has 0 aliphatic carbocycles. The lowest BCUT2D eigenvalue weighted by atomic mass is 10.00. The highest BCUT2D eigenvalue weighted by atomic mass is 19.3. The molecule has 7 nitrogen and oxygen atoms in total. The average Bonchev–Trinajstić information content (AvgIpc) is 3.16. The first-order chi connectivity index (χ1) is 16.3. The summed E-state index contributed by atoms with van der Waals surface area (Å²) in [5.74, 6) is -4.05. The van der Waals surface area contributed by atoms with Crippen LogP contribution in [0.4, 0.5) is 8.78 Å². The molecule has 3 heterocycles. The van der Waals surface area contributed by atoms with E-state index in [1.165, 1.54) is 12.3 Å². The quantitative estimate of drug-likeness (QED) is 0.561. The van der Waals surface area contributed by atoms with Crippen molar-refractivity contribution in [1.82, 2.24) is 14.9 Å². The van der Waals surface area contributed by atoms with E-state index < -0.39 is 30.8 Å². The molecule has 34 heavy (non-hydrogen) atoms. The van der Waals surface area contributed by atoms with Gasteiger partial charge in [0, 0.05) is 48.7 Å². The number of nitriles is 1. The molecule has 1 atom stereocenters. The number of amides is 1. The van der Waals surface area contributed by atoms with E-state index >= 15 is 0 Å². The normalized spacial score (nSPS) is 17.2. The summed E-state index contributed by atoms with van der Waals surface area (Å²) in [6.45, 7) is -0.804. The Morgan fingerprint density at radius 2 is 1.94 bits per heavy atom. The fourth-order valence-electron chi connectivity index (χ4n) is 3.92. The fourth-order valence-corrected chi connectivity index (χ4v) is 3.92. The third-order valence-corrected chi connectivity index (χ3v) is 5.65. The Labute approximate surface area is 193 Å². The molecule has 0 bridgehead atoms. The highest BCUT2D eigenvalue weighted by molar-refractivity contribution is 6.08. The van der Waals surface area contributed by atoms with E-state index in [0.717, 1.165) is 16.0 Å². The summed E-state index contributed by atoms with van der Waals surface area (Å²) in [7, 11) is 0. The maximum absolute atomic E-state index is 13.6. The Kier molecular flexibility index (Phi) is 6.32. The van der Waals surface area contributed by atoms with Crippen molar-refractivity contribution in [3.8, 4) is 6.07 Å². The zero-order valence-corrected chi connectivity index (χ0v) is 18.0. The average molecular weight is 462 g/mol. The first kappa shape index (κ1) is 23.0. The number of likely N-dealkylation sites (tertiary alicyclic amines) is 1. The SMILES string of the molecule is N#C[C@@H]1CC(F)(F)CN1C(=O)CCC(=O)c1ccnc2ccc(/C=C/c3ccc(=O)[nH]c3)cc12. The number of carbonyl (C=O) groups excluding carboxylic acids is 2. The van der Waals surface area contributed by atoms with Crippen LogP contribution >= 0.6 is 0 Å². The van der Waals surface area contributed by atoms with Crippen LogP contribution in [-0.4, -0.2) is 45.1 Å². The number of ketones is 1. The molecule has 0 radical (unpaired) electrons. The van der Waals surface area contributed by atoms with E-state index in [2.05, 4.69) is 9.97 Å². The van der Waals surface area contributed by atoms with Crippen molar-refractivity contribution in [2.45, 2.75) is 31.2 Å². The van der Waals surface area contributed by atoms with Crippen molar-refractivity contribution in [2.24, 2.45) is 0 Å².